The Kier molecular flexibility index (Phi) is 4.39. The molecule has 0 bridgehead atoms. The second-order valence-electron chi connectivity index (χ2n) is 5.95. The summed E-state index contributed by atoms with van der Waals surface area (Å²) in [6.07, 6.45) is 3.30. The first-order valence-corrected chi connectivity index (χ1v) is 9.37. The minimum Gasteiger partial charge on any atom is -0.341 e. The van der Waals surface area contributed by atoms with Crippen molar-refractivity contribution >= 4 is 21.8 Å². The van der Waals surface area contributed by atoms with Crippen molar-refractivity contribution in [2.24, 2.45) is 0 Å². The molecular weight excluding hydrogens is 316 g/mol. The van der Waals surface area contributed by atoms with Crippen LogP contribution in [-0.4, -0.2) is 48.6 Å². The number of likely N-dealkylation sites (tertiary alicyclic amines) is 1. The molecule has 7 heteroatoms. The molecule has 1 atom stereocenters. The normalized spacial score (nSPS) is 22.4. The van der Waals surface area contributed by atoms with Crippen LogP contribution in [0.3, 0.4) is 0 Å². The maximum atomic E-state index is 12.8. The Labute approximate surface area is 136 Å². The molecule has 1 aromatic rings. The average molecular weight is 336 g/mol. The van der Waals surface area contributed by atoms with E-state index >= 15 is 0 Å². The number of rotatable bonds is 3. The summed E-state index contributed by atoms with van der Waals surface area (Å²) >= 11 is 0. The highest BCUT2D eigenvalue weighted by Crippen LogP contribution is 2.29. The number of amides is 2. The maximum Gasteiger partial charge on any atom is 0.267 e. The van der Waals surface area contributed by atoms with E-state index in [2.05, 4.69) is 0 Å². The Morgan fingerprint density at radius 3 is 2.35 bits per heavy atom. The molecule has 2 aliphatic heterocycles. The lowest BCUT2D eigenvalue weighted by atomic mass is 10.1. The highest BCUT2D eigenvalue weighted by molar-refractivity contribution is 7.89. The highest BCUT2D eigenvalue weighted by atomic mass is 32.2. The second-order valence-corrected chi connectivity index (χ2v) is 7.76. The van der Waals surface area contributed by atoms with Gasteiger partial charge in [-0.2, -0.15) is 0 Å². The van der Waals surface area contributed by atoms with Crippen molar-refractivity contribution in [1.82, 2.24) is 9.21 Å². The summed E-state index contributed by atoms with van der Waals surface area (Å²) in [6, 6.07) is 6.92. The topological polar surface area (TPSA) is 74.8 Å². The van der Waals surface area contributed by atoms with E-state index in [-0.39, 0.29) is 23.6 Å². The summed E-state index contributed by atoms with van der Waals surface area (Å²) in [5.74, 6) is -0.737. The van der Waals surface area contributed by atoms with Crippen molar-refractivity contribution in [1.29, 1.82) is 0 Å². The molecule has 0 N–H and O–H groups in total. The van der Waals surface area contributed by atoms with Crippen molar-refractivity contribution in [3.05, 3.63) is 30.3 Å². The van der Waals surface area contributed by atoms with Gasteiger partial charge in [0, 0.05) is 19.5 Å². The van der Waals surface area contributed by atoms with Gasteiger partial charge in [-0.1, -0.05) is 18.2 Å². The van der Waals surface area contributed by atoms with Gasteiger partial charge in [0.15, 0.2) is 0 Å². The van der Waals surface area contributed by atoms with Crippen LogP contribution in [0.1, 0.15) is 32.1 Å². The predicted octanol–water partition coefficient (Wildman–Crippen LogP) is 1.38. The third-order valence-electron chi connectivity index (χ3n) is 4.41. The van der Waals surface area contributed by atoms with E-state index in [0.29, 0.717) is 13.1 Å². The van der Waals surface area contributed by atoms with E-state index < -0.39 is 22.0 Å². The fraction of sp³-hybridized carbons (Fsp3) is 0.500. The fourth-order valence-electron chi connectivity index (χ4n) is 3.22. The lowest BCUT2D eigenvalue weighted by molar-refractivity contribution is -0.138. The number of nitrogens with zero attached hydrogens (tertiary/aromatic N) is 2. The lowest BCUT2D eigenvalue weighted by Gasteiger charge is -2.32. The van der Waals surface area contributed by atoms with Crippen molar-refractivity contribution < 1.29 is 18.0 Å². The van der Waals surface area contributed by atoms with Crippen LogP contribution in [0.2, 0.25) is 0 Å². The van der Waals surface area contributed by atoms with Gasteiger partial charge in [-0.25, -0.2) is 12.7 Å². The smallest absolute Gasteiger partial charge is 0.267 e. The van der Waals surface area contributed by atoms with Gasteiger partial charge in [0.25, 0.3) is 10.0 Å². The zero-order chi connectivity index (χ0) is 16.4. The molecule has 0 saturated carbocycles. The van der Waals surface area contributed by atoms with Crippen LogP contribution in [-0.2, 0) is 19.6 Å². The second kappa shape index (κ2) is 6.31. The largest absolute Gasteiger partial charge is 0.341 e. The number of sulfonamides is 1. The Morgan fingerprint density at radius 1 is 1.04 bits per heavy atom. The van der Waals surface area contributed by atoms with E-state index in [1.807, 2.05) is 0 Å². The molecule has 2 saturated heterocycles. The van der Waals surface area contributed by atoms with Crippen LogP contribution in [0.25, 0.3) is 0 Å². The Balaban J connectivity index is 1.89. The summed E-state index contributed by atoms with van der Waals surface area (Å²) in [4.78, 5) is 26.6. The van der Waals surface area contributed by atoms with Gasteiger partial charge in [0.2, 0.25) is 11.8 Å². The van der Waals surface area contributed by atoms with Crippen LogP contribution >= 0.6 is 0 Å². The zero-order valence-corrected chi connectivity index (χ0v) is 13.7. The standard InChI is InChI=1S/C16H20N2O4S/c19-15-10-9-14(16(20)17-11-5-2-6-12-17)18(15)23(21,22)13-7-3-1-4-8-13/h1,3-4,7-8,14H,2,5-6,9-12H2/t14-/m0/s1. The van der Waals surface area contributed by atoms with Crippen LogP contribution in [0.5, 0.6) is 0 Å². The first-order chi connectivity index (χ1) is 11.0. The molecule has 0 unspecified atom stereocenters. The number of hydrogen-bond acceptors (Lipinski definition) is 4. The number of hydrogen-bond donors (Lipinski definition) is 0. The number of carbonyl (C=O) groups excluding carboxylic acids is 2. The highest BCUT2D eigenvalue weighted by Gasteiger charge is 2.45. The average Bonchev–Trinajstić information content (AvgIpc) is 2.98. The molecule has 0 aliphatic carbocycles. The molecule has 6 nitrogen and oxygen atoms in total. The molecule has 3 rings (SSSR count). The lowest BCUT2D eigenvalue weighted by Crippen LogP contribution is -2.50. The van der Waals surface area contributed by atoms with E-state index in [4.69, 9.17) is 0 Å². The number of piperidine rings is 1. The first-order valence-electron chi connectivity index (χ1n) is 7.93. The van der Waals surface area contributed by atoms with Gasteiger partial charge in [-0.05, 0) is 37.8 Å². The summed E-state index contributed by atoms with van der Waals surface area (Å²) in [7, 11) is -3.98. The SMILES string of the molecule is O=C([C@@H]1CCC(=O)N1S(=O)(=O)c1ccccc1)N1CCCCC1. The van der Waals surface area contributed by atoms with Crippen LogP contribution in [0.4, 0.5) is 0 Å². The molecule has 2 heterocycles. The van der Waals surface area contributed by atoms with Gasteiger partial charge in [0.1, 0.15) is 6.04 Å². The van der Waals surface area contributed by atoms with E-state index in [1.165, 1.54) is 12.1 Å². The van der Waals surface area contributed by atoms with E-state index in [0.717, 1.165) is 23.6 Å². The number of benzene rings is 1. The molecule has 2 fully saturated rings. The quantitative estimate of drug-likeness (QED) is 0.836. The Hall–Kier alpha value is -1.89. The Morgan fingerprint density at radius 2 is 1.70 bits per heavy atom. The third-order valence-corrected chi connectivity index (χ3v) is 6.26. The van der Waals surface area contributed by atoms with Gasteiger partial charge < -0.3 is 4.90 Å². The molecule has 2 amide bonds. The Bertz CT molecular complexity index is 696. The van der Waals surface area contributed by atoms with Crippen molar-refractivity contribution in [3.8, 4) is 0 Å². The van der Waals surface area contributed by atoms with Crippen LogP contribution < -0.4 is 0 Å². The minimum atomic E-state index is -3.98. The fourth-order valence-corrected chi connectivity index (χ4v) is 4.84. The monoisotopic (exact) mass is 336 g/mol. The zero-order valence-electron chi connectivity index (χ0n) is 12.8. The number of carbonyl (C=O) groups is 2. The molecule has 124 valence electrons. The van der Waals surface area contributed by atoms with Gasteiger partial charge in [0.05, 0.1) is 4.90 Å². The summed E-state index contributed by atoms with van der Waals surface area (Å²) in [5.41, 5.74) is 0. The summed E-state index contributed by atoms with van der Waals surface area (Å²) < 4.78 is 26.4. The van der Waals surface area contributed by atoms with Crippen molar-refractivity contribution in [2.45, 2.75) is 43.0 Å². The molecule has 0 radical (unpaired) electrons. The van der Waals surface area contributed by atoms with Crippen LogP contribution in [0.15, 0.2) is 35.2 Å². The molecule has 2 aliphatic rings. The third kappa shape index (κ3) is 2.97. The van der Waals surface area contributed by atoms with Gasteiger partial charge >= 0.3 is 0 Å². The molecule has 23 heavy (non-hydrogen) atoms. The van der Waals surface area contributed by atoms with E-state index in [1.54, 1.807) is 23.1 Å². The summed E-state index contributed by atoms with van der Waals surface area (Å²) in [5, 5.41) is 0. The minimum absolute atomic E-state index is 0.0479. The van der Waals surface area contributed by atoms with Gasteiger partial charge in [-0.15, -0.1) is 0 Å². The molecule has 0 aromatic heterocycles. The predicted molar refractivity (Wildman–Crippen MR) is 83.9 cm³/mol. The molecule has 1 aromatic carbocycles. The van der Waals surface area contributed by atoms with E-state index in [9.17, 15) is 18.0 Å². The summed E-state index contributed by atoms with van der Waals surface area (Å²) in [6.45, 7) is 1.28. The molecular formula is C16H20N2O4S. The maximum absolute atomic E-state index is 12.8. The molecule has 0 spiro atoms. The van der Waals surface area contributed by atoms with Crippen molar-refractivity contribution in [3.63, 3.8) is 0 Å². The first kappa shape index (κ1) is 16.0. The van der Waals surface area contributed by atoms with Crippen molar-refractivity contribution in [2.75, 3.05) is 13.1 Å². The van der Waals surface area contributed by atoms with Gasteiger partial charge in [-0.3, -0.25) is 9.59 Å². The van der Waals surface area contributed by atoms with Crippen LogP contribution in [0, 0.1) is 0 Å².